The number of hydrogen-bond donors (Lipinski definition) is 1. The first-order valence-corrected chi connectivity index (χ1v) is 6.06. The number of halogens is 1. The molecule has 0 unspecified atom stereocenters. The van der Waals surface area contributed by atoms with E-state index in [0.717, 1.165) is 30.1 Å². The Kier molecular flexibility index (Phi) is 3.43. The maximum absolute atomic E-state index is 10.7. The lowest BCUT2D eigenvalue weighted by atomic mass is 10.0. The van der Waals surface area contributed by atoms with Crippen molar-refractivity contribution in [3.8, 4) is 0 Å². The molecule has 2 heterocycles. The molecular weight excluding hydrogens is 270 g/mol. The summed E-state index contributed by atoms with van der Waals surface area (Å²) in [4.78, 5) is 17.3. The van der Waals surface area contributed by atoms with Gasteiger partial charge in [0.05, 0.1) is 0 Å². The molecule has 0 spiro atoms. The number of amides is 1. The minimum absolute atomic E-state index is 0.0408. The minimum atomic E-state index is 0.0408. The Morgan fingerprint density at radius 2 is 2.38 bits per heavy atom. The van der Waals surface area contributed by atoms with Crippen LogP contribution in [0, 0.1) is 5.92 Å². The summed E-state index contributed by atoms with van der Waals surface area (Å²) in [5.74, 6) is 1.58. The Morgan fingerprint density at radius 1 is 1.62 bits per heavy atom. The minimum Gasteiger partial charge on any atom is -0.356 e. The average molecular weight is 284 g/mol. The van der Waals surface area contributed by atoms with Crippen LogP contribution in [-0.2, 0) is 4.79 Å². The van der Waals surface area contributed by atoms with Gasteiger partial charge in [-0.3, -0.25) is 4.79 Å². The van der Waals surface area contributed by atoms with Gasteiger partial charge in [-0.2, -0.15) is 0 Å². The maximum Gasteiger partial charge on any atom is 0.216 e. The predicted octanol–water partition coefficient (Wildman–Crippen LogP) is 1.42. The van der Waals surface area contributed by atoms with Crippen molar-refractivity contribution >= 4 is 27.7 Å². The second-order valence-corrected chi connectivity index (χ2v) is 4.84. The number of carbonyl (C=O) groups excluding carboxylic acids is 1. The lowest BCUT2D eigenvalue weighted by Crippen LogP contribution is -2.51. The van der Waals surface area contributed by atoms with Gasteiger partial charge < -0.3 is 10.2 Å². The number of nitrogens with zero attached hydrogens (tertiary/aromatic N) is 2. The van der Waals surface area contributed by atoms with Crippen molar-refractivity contribution < 1.29 is 4.79 Å². The largest absolute Gasteiger partial charge is 0.356 e. The molecule has 1 aromatic rings. The van der Waals surface area contributed by atoms with Crippen LogP contribution < -0.4 is 10.2 Å². The fourth-order valence-corrected chi connectivity index (χ4v) is 2.08. The van der Waals surface area contributed by atoms with E-state index in [2.05, 4.69) is 31.1 Å². The summed E-state index contributed by atoms with van der Waals surface area (Å²) >= 11 is 3.35. The Bertz CT molecular complexity index is 391. The summed E-state index contributed by atoms with van der Waals surface area (Å²) in [6.45, 7) is 4.24. The van der Waals surface area contributed by atoms with Crippen LogP contribution in [0.4, 0.5) is 5.82 Å². The van der Waals surface area contributed by atoms with E-state index in [1.165, 1.54) is 0 Å². The van der Waals surface area contributed by atoms with Gasteiger partial charge in [-0.1, -0.05) is 6.07 Å². The van der Waals surface area contributed by atoms with E-state index in [4.69, 9.17) is 0 Å². The molecule has 0 saturated carbocycles. The van der Waals surface area contributed by atoms with Crippen molar-refractivity contribution in [3.63, 3.8) is 0 Å². The molecule has 0 aliphatic carbocycles. The number of carbonyl (C=O) groups is 1. The fourth-order valence-electron chi connectivity index (χ4n) is 1.75. The van der Waals surface area contributed by atoms with Crippen LogP contribution in [0.25, 0.3) is 0 Å². The van der Waals surface area contributed by atoms with Crippen molar-refractivity contribution in [1.82, 2.24) is 10.3 Å². The van der Waals surface area contributed by atoms with E-state index in [1.807, 2.05) is 18.2 Å². The first-order chi connectivity index (χ1) is 7.65. The van der Waals surface area contributed by atoms with E-state index in [1.54, 1.807) is 6.92 Å². The van der Waals surface area contributed by atoms with Gasteiger partial charge in [0.15, 0.2) is 0 Å². The average Bonchev–Trinajstić information content (AvgIpc) is 2.14. The number of nitrogens with one attached hydrogen (secondary N) is 1. The highest BCUT2D eigenvalue weighted by molar-refractivity contribution is 9.10. The molecule has 1 aliphatic heterocycles. The van der Waals surface area contributed by atoms with Crippen molar-refractivity contribution in [1.29, 1.82) is 0 Å². The molecule has 2 rings (SSSR count). The van der Waals surface area contributed by atoms with E-state index in [-0.39, 0.29) is 5.91 Å². The van der Waals surface area contributed by atoms with Gasteiger partial charge in [0.1, 0.15) is 10.4 Å². The highest BCUT2D eigenvalue weighted by atomic mass is 79.9. The van der Waals surface area contributed by atoms with Crippen LogP contribution in [0.2, 0.25) is 0 Å². The molecule has 0 radical (unpaired) electrons. The smallest absolute Gasteiger partial charge is 0.216 e. The first kappa shape index (κ1) is 11.4. The number of anilines is 1. The van der Waals surface area contributed by atoms with Gasteiger partial charge in [0.25, 0.3) is 0 Å². The highest BCUT2D eigenvalue weighted by Gasteiger charge is 2.27. The van der Waals surface area contributed by atoms with Crippen LogP contribution >= 0.6 is 15.9 Å². The zero-order chi connectivity index (χ0) is 11.5. The summed E-state index contributed by atoms with van der Waals surface area (Å²) in [5, 5.41) is 2.84. The first-order valence-electron chi connectivity index (χ1n) is 5.27. The number of pyridine rings is 1. The predicted molar refractivity (Wildman–Crippen MR) is 66.3 cm³/mol. The molecule has 86 valence electrons. The Balaban J connectivity index is 1.82. The van der Waals surface area contributed by atoms with Crippen LogP contribution in [-0.4, -0.2) is 30.5 Å². The van der Waals surface area contributed by atoms with Crippen molar-refractivity contribution in [2.45, 2.75) is 6.92 Å². The topological polar surface area (TPSA) is 45.2 Å². The number of rotatable bonds is 3. The molecule has 0 bridgehead atoms. The second kappa shape index (κ2) is 4.82. The Morgan fingerprint density at radius 3 is 3.00 bits per heavy atom. The quantitative estimate of drug-likeness (QED) is 0.854. The summed E-state index contributed by atoms with van der Waals surface area (Å²) in [6, 6.07) is 5.89. The third-order valence-corrected chi connectivity index (χ3v) is 3.06. The van der Waals surface area contributed by atoms with Gasteiger partial charge in [-0.25, -0.2) is 4.98 Å². The van der Waals surface area contributed by atoms with Crippen LogP contribution in [0.3, 0.4) is 0 Å². The van der Waals surface area contributed by atoms with E-state index in [9.17, 15) is 4.79 Å². The summed E-state index contributed by atoms with van der Waals surface area (Å²) in [6.07, 6.45) is 0. The zero-order valence-electron chi connectivity index (χ0n) is 9.11. The molecule has 1 aromatic heterocycles. The standard InChI is InChI=1S/C11H14BrN3O/c1-8(16)13-5-9-6-15(7-9)11-4-2-3-10(12)14-11/h2-4,9H,5-7H2,1H3,(H,13,16). The van der Waals surface area contributed by atoms with Gasteiger partial charge in [-0.15, -0.1) is 0 Å². The van der Waals surface area contributed by atoms with E-state index >= 15 is 0 Å². The van der Waals surface area contributed by atoms with Gasteiger partial charge >= 0.3 is 0 Å². The molecule has 1 amide bonds. The van der Waals surface area contributed by atoms with Crippen molar-refractivity contribution in [2.75, 3.05) is 24.5 Å². The SMILES string of the molecule is CC(=O)NCC1CN(c2cccc(Br)n2)C1. The number of aromatic nitrogens is 1. The maximum atomic E-state index is 10.7. The van der Waals surface area contributed by atoms with Crippen molar-refractivity contribution in [2.24, 2.45) is 5.92 Å². The highest BCUT2D eigenvalue weighted by Crippen LogP contribution is 2.23. The van der Waals surface area contributed by atoms with Gasteiger partial charge in [0.2, 0.25) is 5.91 Å². The Labute approximate surface area is 103 Å². The molecule has 4 nitrogen and oxygen atoms in total. The lowest BCUT2D eigenvalue weighted by Gasteiger charge is -2.40. The van der Waals surface area contributed by atoms with Crippen LogP contribution in [0.5, 0.6) is 0 Å². The molecular formula is C11H14BrN3O. The monoisotopic (exact) mass is 283 g/mol. The van der Waals surface area contributed by atoms with Crippen LogP contribution in [0.1, 0.15) is 6.92 Å². The third-order valence-electron chi connectivity index (χ3n) is 2.62. The molecule has 0 atom stereocenters. The molecule has 1 aliphatic rings. The lowest BCUT2D eigenvalue weighted by molar-refractivity contribution is -0.119. The summed E-state index contributed by atoms with van der Waals surface area (Å²) in [7, 11) is 0. The third kappa shape index (κ3) is 2.72. The normalized spacial score (nSPS) is 15.8. The molecule has 1 fully saturated rings. The Hall–Kier alpha value is -1.10. The molecule has 1 saturated heterocycles. The summed E-state index contributed by atoms with van der Waals surface area (Å²) < 4.78 is 0.857. The van der Waals surface area contributed by atoms with Crippen molar-refractivity contribution in [3.05, 3.63) is 22.8 Å². The molecule has 16 heavy (non-hydrogen) atoms. The van der Waals surface area contributed by atoms with E-state index in [0.29, 0.717) is 5.92 Å². The summed E-state index contributed by atoms with van der Waals surface area (Å²) in [5.41, 5.74) is 0. The van der Waals surface area contributed by atoms with Gasteiger partial charge in [0, 0.05) is 32.5 Å². The number of hydrogen-bond acceptors (Lipinski definition) is 3. The van der Waals surface area contributed by atoms with E-state index < -0.39 is 0 Å². The molecule has 5 heteroatoms. The fraction of sp³-hybridized carbons (Fsp3) is 0.455. The van der Waals surface area contributed by atoms with Crippen LogP contribution in [0.15, 0.2) is 22.8 Å². The molecule has 0 aromatic carbocycles. The second-order valence-electron chi connectivity index (χ2n) is 4.03. The van der Waals surface area contributed by atoms with Gasteiger partial charge in [-0.05, 0) is 28.1 Å². The zero-order valence-corrected chi connectivity index (χ0v) is 10.7. The molecule has 1 N–H and O–H groups in total.